The summed E-state index contributed by atoms with van der Waals surface area (Å²) in [5, 5.41) is 9.26. The third-order valence-corrected chi connectivity index (χ3v) is 5.74. The van der Waals surface area contributed by atoms with Crippen LogP contribution in [0.4, 0.5) is 5.69 Å². The maximum Gasteiger partial charge on any atom is 0.231 e. The summed E-state index contributed by atoms with van der Waals surface area (Å²) in [5.74, 6) is 1.02. The SMILES string of the molecule is Cn1ccnc1C1CNCCN1Cc1csc(CC(=O)Nc2ccccc2)n1. The number of nitrogens with zero attached hydrogens (tertiary/aromatic N) is 4. The topological polar surface area (TPSA) is 75.1 Å². The average molecular weight is 397 g/mol. The molecule has 1 aliphatic heterocycles. The van der Waals surface area contributed by atoms with Crippen molar-refractivity contribution in [2.24, 2.45) is 7.05 Å². The molecular weight excluding hydrogens is 372 g/mol. The Balaban J connectivity index is 1.38. The van der Waals surface area contributed by atoms with Gasteiger partial charge in [0.1, 0.15) is 10.8 Å². The van der Waals surface area contributed by atoms with Gasteiger partial charge in [-0.2, -0.15) is 0 Å². The lowest BCUT2D eigenvalue weighted by molar-refractivity contribution is -0.115. The molecule has 1 atom stereocenters. The number of anilines is 1. The summed E-state index contributed by atoms with van der Waals surface area (Å²) in [4.78, 5) is 23.9. The van der Waals surface area contributed by atoms with E-state index in [1.165, 1.54) is 0 Å². The predicted octanol–water partition coefficient (Wildman–Crippen LogP) is 2.20. The van der Waals surface area contributed by atoms with Crippen molar-refractivity contribution < 1.29 is 4.79 Å². The predicted molar refractivity (Wildman–Crippen MR) is 110 cm³/mol. The van der Waals surface area contributed by atoms with E-state index in [0.717, 1.165) is 48.4 Å². The van der Waals surface area contributed by atoms with Crippen molar-refractivity contribution in [1.29, 1.82) is 0 Å². The molecule has 3 aromatic rings. The van der Waals surface area contributed by atoms with Gasteiger partial charge in [0.25, 0.3) is 0 Å². The molecule has 0 bridgehead atoms. The summed E-state index contributed by atoms with van der Waals surface area (Å²) in [6.45, 7) is 3.54. The van der Waals surface area contributed by atoms with E-state index in [1.54, 1.807) is 11.3 Å². The summed E-state index contributed by atoms with van der Waals surface area (Å²) in [6.07, 6.45) is 4.12. The second-order valence-electron chi connectivity index (χ2n) is 6.91. The van der Waals surface area contributed by atoms with Crippen LogP contribution >= 0.6 is 11.3 Å². The quantitative estimate of drug-likeness (QED) is 0.668. The van der Waals surface area contributed by atoms with Crippen LogP contribution in [-0.4, -0.2) is 45.0 Å². The number of piperazine rings is 1. The number of benzene rings is 1. The van der Waals surface area contributed by atoms with Crippen LogP contribution in [0.1, 0.15) is 22.6 Å². The number of carbonyl (C=O) groups excluding carboxylic acids is 1. The van der Waals surface area contributed by atoms with E-state index in [2.05, 4.69) is 30.5 Å². The fourth-order valence-electron chi connectivity index (χ4n) is 3.46. The molecule has 4 rings (SSSR count). The minimum atomic E-state index is -0.0415. The zero-order chi connectivity index (χ0) is 19.3. The van der Waals surface area contributed by atoms with Crippen molar-refractivity contribution in [1.82, 2.24) is 24.8 Å². The van der Waals surface area contributed by atoms with Crippen molar-refractivity contribution >= 4 is 22.9 Å². The monoisotopic (exact) mass is 396 g/mol. The van der Waals surface area contributed by atoms with Crippen LogP contribution in [0.15, 0.2) is 48.1 Å². The van der Waals surface area contributed by atoms with Crippen LogP contribution in [0.25, 0.3) is 0 Å². The molecule has 1 fully saturated rings. The molecule has 1 unspecified atom stereocenters. The molecular formula is C20H24N6OS. The number of aryl methyl sites for hydroxylation is 1. The lowest BCUT2D eigenvalue weighted by Crippen LogP contribution is -2.46. The van der Waals surface area contributed by atoms with E-state index >= 15 is 0 Å². The van der Waals surface area contributed by atoms with Crippen molar-refractivity contribution in [2.75, 3.05) is 25.0 Å². The van der Waals surface area contributed by atoms with Gasteiger partial charge in [-0.3, -0.25) is 9.69 Å². The summed E-state index contributed by atoms with van der Waals surface area (Å²) in [5.41, 5.74) is 1.82. The molecule has 0 saturated carbocycles. The zero-order valence-electron chi connectivity index (χ0n) is 15.8. The van der Waals surface area contributed by atoms with Crippen LogP contribution < -0.4 is 10.6 Å². The van der Waals surface area contributed by atoms with E-state index in [9.17, 15) is 4.79 Å². The summed E-state index contributed by atoms with van der Waals surface area (Å²) >= 11 is 1.54. The average Bonchev–Trinajstić information content (AvgIpc) is 3.32. The summed E-state index contributed by atoms with van der Waals surface area (Å²) < 4.78 is 2.07. The van der Waals surface area contributed by atoms with Gasteiger partial charge in [0.05, 0.1) is 18.2 Å². The molecule has 1 aliphatic rings. The Morgan fingerprint density at radius 1 is 1.36 bits per heavy atom. The van der Waals surface area contributed by atoms with Crippen molar-refractivity contribution in [3.05, 3.63) is 64.6 Å². The van der Waals surface area contributed by atoms with Crippen LogP contribution in [-0.2, 0) is 24.8 Å². The number of imidazole rings is 1. The number of rotatable bonds is 6. The standard InChI is InChI=1S/C20H24N6OS/c1-25-9-8-22-20(25)17-12-21-7-10-26(17)13-16-14-28-19(24-16)11-18(27)23-15-5-3-2-4-6-15/h2-6,8-9,14,17,21H,7,10-13H2,1H3,(H,23,27). The number of para-hydroxylation sites is 1. The Hall–Kier alpha value is -2.55. The van der Waals surface area contributed by atoms with E-state index in [0.29, 0.717) is 6.42 Å². The molecule has 1 amide bonds. The van der Waals surface area contributed by atoms with Crippen LogP contribution in [0.2, 0.25) is 0 Å². The molecule has 2 aromatic heterocycles. The third kappa shape index (κ3) is 4.46. The number of nitrogens with one attached hydrogen (secondary N) is 2. The number of thiazole rings is 1. The van der Waals surface area contributed by atoms with Gasteiger partial charge in [-0.05, 0) is 12.1 Å². The van der Waals surface area contributed by atoms with Gasteiger partial charge >= 0.3 is 0 Å². The molecule has 0 spiro atoms. The van der Waals surface area contributed by atoms with Crippen LogP contribution in [0.5, 0.6) is 0 Å². The van der Waals surface area contributed by atoms with E-state index in [4.69, 9.17) is 4.98 Å². The smallest absolute Gasteiger partial charge is 0.231 e. The van der Waals surface area contributed by atoms with E-state index in [1.807, 2.05) is 49.8 Å². The first-order valence-corrected chi connectivity index (χ1v) is 10.3. The van der Waals surface area contributed by atoms with Gasteiger partial charge < -0.3 is 15.2 Å². The molecule has 8 heteroatoms. The van der Waals surface area contributed by atoms with Gasteiger partial charge in [0.15, 0.2) is 0 Å². The first kappa shape index (κ1) is 18.8. The summed E-state index contributed by atoms with van der Waals surface area (Å²) in [7, 11) is 2.03. The summed E-state index contributed by atoms with van der Waals surface area (Å²) in [6, 6.07) is 9.73. The minimum absolute atomic E-state index is 0.0415. The van der Waals surface area contributed by atoms with Gasteiger partial charge in [-0.1, -0.05) is 18.2 Å². The number of hydrogen-bond acceptors (Lipinski definition) is 6. The zero-order valence-corrected chi connectivity index (χ0v) is 16.7. The molecule has 1 saturated heterocycles. The number of carbonyl (C=O) groups is 1. The number of amides is 1. The Morgan fingerprint density at radius 3 is 3.00 bits per heavy atom. The highest BCUT2D eigenvalue weighted by molar-refractivity contribution is 7.09. The highest BCUT2D eigenvalue weighted by Gasteiger charge is 2.27. The van der Waals surface area contributed by atoms with Crippen molar-refractivity contribution in [2.45, 2.75) is 19.0 Å². The maximum atomic E-state index is 12.3. The molecule has 0 radical (unpaired) electrons. The molecule has 0 aliphatic carbocycles. The lowest BCUT2D eigenvalue weighted by Gasteiger charge is -2.35. The Morgan fingerprint density at radius 2 is 2.21 bits per heavy atom. The van der Waals surface area contributed by atoms with Gasteiger partial charge in [-0.25, -0.2) is 9.97 Å². The van der Waals surface area contributed by atoms with Gasteiger partial charge in [0.2, 0.25) is 5.91 Å². The van der Waals surface area contributed by atoms with E-state index in [-0.39, 0.29) is 11.9 Å². The molecule has 2 N–H and O–H groups in total. The van der Waals surface area contributed by atoms with Gasteiger partial charge in [0, 0.05) is 56.7 Å². The highest BCUT2D eigenvalue weighted by Crippen LogP contribution is 2.23. The maximum absolute atomic E-state index is 12.3. The fraction of sp³-hybridized carbons (Fsp3) is 0.350. The van der Waals surface area contributed by atoms with Crippen LogP contribution in [0.3, 0.4) is 0 Å². The lowest BCUT2D eigenvalue weighted by atomic mass is 10.1. The third-order valence-electron chi connectivity index (χ3n) is 4.84. The Bertz CT molecular complexity index is 922. The molecule has 3 heterocycles. The van der Waals surface area contributed by atoms with Crippen LogP contribution in [0, 0.1) is 0 Å². The minimum Gasteiger partial charge on any atom is -0.337 e. The molecule has 1 aromatic carbocycles. The fourth-order valence-corrected chi connectivity index (χ4v) is 4.25. The molecule has 7 nitrogen and oxygen atoms in total. The van der Waals surface area contributed by atoms with Crippen molar-refractivity contribution in [3.63, 3.8) is 0 Å². The second kappa shape index (κ2) is 8.64. The second-order valence-corrected chi connectivity index (χ2v) is 7.85. The number of aromatic nitrogens is 3. The largest absolute Gasteiger partial charge is 0.337 e. The Labute approximate surface area is 168 Å². The highest BCUT2D eigenvalue weighted by atomic mass is 32.1. The molecule has 146 valence electrons. The van der Waals surface area contributed by atoms with Gasteiger partial charge in [-0.15, -0.1) is 11.3 Å². The first-order valence-electron chi connectivity index (χ1n) is 9.39. The van der Waals surface area contributed by atoms with Crippen molar-refractivity contribution in [3.8, 4) is 0 Å². The Kier molecular flexibility index (Phi) is 5.80. The normalized spacial score (nSPS) is 17.5. The first-order chi connectivity index (χ1) is 13.7. The molecule has 28 heavy (non-hydrogen) atoms. The van der Waals surface area contributed by atoms with E-state index < -0.39 is 0 Å². The number of hydrogen-bond donors (Lipinski definition) is 2.